The van der Waals surface area contributed by atoms with E-state index >= 15 is 0 Å². The number of benzene rings is 2. The normalized spacial score (nSPS) is 10.3. The van der Waals surface area contributed by atoms with E-state index in [2.05, 4.69) is 39.9 Å². The van der Waals surface area contributed by atoms with Crippen molar-refractivity contribution in [1.29, 1.82) is 0 Å². The lowest BCUT2D eigenvalue weighted by molar-refractivity contribution is 0.102. The number of carbonyl (C=O) groups excluding carboxylic acids is 1. The molecule has 3 aromatic rings. The summed E-state index contributed by atoms with van der Waals surface area (Å²) in [4.78, 5) is 16.6. The fraction of sp³-hybridized carbons (Fsp3) is 0.182. The van der Waals surface area contributed by atoms with Gasteiger partial charge >= 0.3 is 0 Å². The van der Waals surface area contributed by atoms with Crippen molar-refractivity contribution in [3.63, 3.8) is 0 Å². The first-order chi connectivity index (χ1) is 12.7. The summed E-state index contributed by atoms with van der Waals surface area (Å²) in [5.74, 6) is -0.153. The van der Waals surface area contributed by atoms with E-state index in [9.17, 15) is 4.79 Å². The smallest absolute Gasteiger partial charge is 0.257 e. The lowest BCUT2D eigenvalue weighted by Crippen LogP contribution is -2.13. The number of carbonyl (C=O) groups is 1. The van der Waals surface area contributed by atoms with Crippen LogP contribution < -0.4 is 10.6 Å². The molecule has 0 unspecified atom stereocenters. The molecule has 0 aliphatic carbocycles. The van der Waals surface area contributed by atoms with E-state index in [1.54, 1.807) is 12.4 Å². The van der Waals surface area contributed by atoms with Crippen molar-refractivity contribution in [3.8, 4) is 0 Å². The monoisotopic (exact) mass is 345 g/mol. The predicted molar refractivity (Wildman–Crippen MR) is 107 cm³/mol. The van der Waals surface area contributed by atoms with Gasteiger partial charge < -0.3 is 10.6 Å². The average molecular weight is 345 g/mol. The number of pyridine rings is 1. The highest BCUT2D eigenvalue weighted by molar-refractivity contribution is 6.04. The lowest BCUT2D eigenvalue weighted by Gasteiger charge is -2.10. The van der Waals surface area contributed by atoms with Crippen molar-refractivity contribution in [3.05, 3.63) is 89.7 Å². The molecule has 2 aromatic carbocycles. The number of hydrogen-bond donors (Lipinski definition) is 2. The van der Waals surface area contributed by atoms with Crippen LogP contribution in [-0.2, 0) is 6.42 Å². The van der Waals surface area contributed by atoms with Crippen LogP contribution in [0.4, 0.5) is 11.4 Å². The van der Waals surface area contributed by atoms with Crippen LogP contribution in [0.1, 0.15) is 27.9 Å². The molecule has 2 N–H and O–H groups in total. The third-order valence-corrected chi connectivity index (χ3v) is 4.21. The number of aromatic nitrogens is 1. The Morgan fingerprint density at radius 1 is 1.00 bits per heavy atom. The zero-order valence-corrected chi connectivity index (χ0v) is 14.9. The molecule has 0 atom stereocenters. The summed E-state index contributed by atoms with van der Waals surface area (Å²) in [7, 11) is 0. The molecule has 26 heavy (non-hydrogen) atoms. The highest BCUT2D eigenvalue weighted by Crippen LogP contribution is 2.16. The van der Waals surface area contributed by atoms with E-state index in [1.807, 2.05) is 43.3 Å². The van der Waals surface area contributed by atoms with Gasteiger partial charge in [-0.3, -0.25) is 9.78 Å². The van der Waals surface area contributed by atoms with Gasteiger partial charge in [-0.2, -0.15) is 0 Å². The molecule has 0 bridgehead atoms. The number of rotatable bonds is 7. The average Bonchev–Trinajstić information content (AvgIpc) is 2.68. The molecular weight excluding hydrogens is 322 g/mol. The Morgan fingerprint density at radius 2 is 1.77 bits per heavy atom. The fourth-order valence-electron chi connectivity index (χ4n) is 2.74. The van der Waals surface area contributed by atoms with Crippen molar-refractivity contribution in [2.75, 3.05) is 17.2 Å². The van der Waals surface area contributed by atoms with Crippen LogP contribution in [0, 0.1) is 6.92 Å². The number of amides is 1. The van der Waals surface area contributed by atoms with Crippen molar-refractivity contribution >= 4 is 17.3 Å². The molecular formula is C22H23N3O. The lowest BCUT2D eigenvalue weighted by atomic mass is 10.1. The maximum atomic E-state index is 12.5. The van der Waals surface area contributed by atoms with E-state index in [0.717, 1.165) is 36.3 Å². The number of para-hydroxylation sites is 1. The molecule has 1 amide bonds. The molecule has 0 spiro atoms. The molecule has 1 aromatic heterocycles. The Labute approximate surface area is 154 Å². The zero-order chi connectivity index (χ0) is 18.2. The topological polar surface area (TPSA) is 54.0 Å². The van der Waals surface area contributed by atoms with Gasteiger partial charge in [0, 0.05) is 24.6 Å². The summed E-state index contributed by atoms with van der Waals surface area (Å²) in [6.45, 7) is 2.80. The Morgan fingerprint density at radius 3 is 2.58 bits per heavy atom. The third kappa shape index (κ3) is 4.93. The van der Waals surface area contributed by atoms with Crippen LogP contribution in [0.25, 0.3) is 0 Å². The minimum Gasteiger partial charge on any atom is -0.384 e. The zero-order valence-electron chi connectivity index (χ0n) is 14.9. The summed E-state index contributed by atoms with van der Waals surface area (Å²) in [6, 6.07) is 20.0. The van der Waals surface area contributed by atoms with Gasteiger partial charge in [0.1, 0.15) is 0 Å². The van der Waals surface area contributed by atoms with Crippen molar-refractivity contribution in [2.24, 2.45) is 0 Å². The number of anilines is 2. The predicted octanol–water partition coefficient (Wildman–Crippen LogP) is 4.69. The van der Waals surface area contributed by atoms with Gasteiger partial charge in [-0.15, -0.1) is 0 Å². The second-order valence-corrected chi connectivity index (χ2v) is 6.25. The first-order valence-corrected chi connectivity index (χ1v) is 8.82. The van der Waals surface area contributed by atoms with Crippen LogP contribution in [0.15, 0.2) is 73.1 Å². The molecule has 4 nitrogen and oxygen atoms in total. The molecule has 3 rings (SSSR count). The summed E-state index contributed by atoms with van der Waals surface area (Å²) in [5.41, 5.74) is 4.58. The second kappa shape index (κ2) is 8.81. The van der Waals surface area contributed by atoms with E-state index < -0.39 is 0 Å². The number of hydrogen-bond acceptors (Lipinski definition) is 3. The molecule has 0 fully saturated rings. The Balaban J connectivity index is 1.54. The summed E-state index contributed by atoms with van der Waals surface area (Å²) >= 11 is 0. The first-order valence-electron chi connectivity index (χ1n) is 8.82. The minimum absolute atomic E-state index is 0.153. The van der Waals surface area contributed by atoms with Crippen molar-refractivity contribution in [1.82, 2.24) is 4.98 Å². The summed E-state index contributed by atoms with van der Waals surface area (Å²) < 4.78 is 0. The highest BCUT2D eigenvalue weighted by atomic mass is 16.1. The fourth-order valence-corrected chi connectivity index (χ4v) is 2.74. The maximum Gasteiger partial charge on any atom is 0.257 e. The van der Waals surface area contributed by atoms with Gasteiger partial charge in [-0.1, -0.05) is 48.5 Å². The largest absolute Gasteiger partial charge is 0.384 e. The molecule has 0 saturated heterocycles. The van der Waals surface area contributed by atoms with Gasteiger partial charge in [0.05, 0.1) is 11.3 Å². The Kier molecular flexibility index (Phi) is 5.99. The standard InChI is InChI=1S/C22H23N3O/c1-17-8-5-6-12-21(17)25-22(26)19-14-20(16-23-15-19)24-13-7-11-18-9-3-2-4-10-18/h2-6,8-10,12,14-16,24H,7,11,13H2,1H3,(H,25,26). The molecule has 0 aliphatic heterocycles. The van der Waals surface area contributed by atoms with Crippen molar-refractivity contribution in [2.45, 2.75) is 19.8 Å². The van der Waals surface area contributed by atoms with Gasteiger partial charge in [0.15, 0.2) is 0 Å². The molecule has 132 valence electrons. The molecule has 0 radical (unpaired) electrons. The molecule has 4 heteroatoms. The third-order valence-electron chi connectivity index (χ3n) is 4.21. The molecule has 1 heterocycles. The SMILES string of the molecule is Cc1ccccc1NC(=O)c1cncc(NCCCc2ccccc2)c1. The van der Waals surface area contributed by atoms with Gasteiger partial charge in [0.2, 0.25) is 0 Å². The van der Waals surface area contributed by atoms with Crippen LogP contribution in [0.2, 0.25) is 0 Å². The van der Waals surface area contributed by atoms with Gasteiger partial charge in [-0.05, 0) is 43.0 Å². The summed E-state index contributed by atoms with van der Waals surface area (Å²) in [6.07, 6.45) is 5.37. The van der Waals surface area contributed by atoms with E-state index in [-0.39, 0.29) is 5.91 Å². The molecule has 0 saturated carbocycles. The Bertz CT molecular complexity index is 862. The number of nitrogens with one attached hydrogen (secondary N) is 2. The minimum atomic E-state index is -0.153. The van der Waals surface area contributed by atoms with Crippen molar-refractivity contribution < 1.29 is 4.79 Å². The molecule has 0 aliphatic rings. The summed E-state index contributed by atoms with van der Waals surface area (Å²) in [5, 5.41) is 6.28. The number of nitrogens with zero attached hydrogens (tertiary/aromatic N) is 1. The van der Waals surface area contributed by atoms with Gasteiger partial charge in [-0.25, -0.2) is 0 Å². The number of aryl methyl sites for hydroxylation is 2. The van der Waals surface area contributed by atoms with Gasteiger partial charge in [0.25, 0.3) is 5.91 Å². The van der Waals surface area contributed by atoms with E-state index in [1.165, 1.54) is 5.56 Å². The van der Waals surface area contributed by atoms with E-state index in [4.69, 9.17) is 0 Å². The van der Waals surface area contributed by atoms with Crippen LogP contribution in [-0.4, -0.2) is 17.4 Å². The second-order valence-electron chi connectivity index (χ2n) is 6.25. The first kappa shape index (κ1) is 17.7. The van der Waals surface area contributed by atoms with Crippen LogP contribution >= 0.6 is 0 Å². The van der Waals surface area contributed by atoms with Crippen LogP contribution in [0.5, 0.6) is 0 Å². The van der Waals surface area contributed by atoms with E-state index in [0.29, 0.717) is 5.56 Å². The quantitative estimate of drug-likeness (QED) is 0.611. The maximum absolute atomic E-state index is 12.5. The van der Waals surface area contributed by atoms with Crippen LogP contribution in [0.3, 0.4) is 0 Å². The highest BCUT2D eigenvalue weighted by Gasteiger charge is 2.08. The Hall–Kier alpha value is -3.14.